The molecule has 0 aliphatic rings. The fourth-order valence-corrected chi connectivity index (χ4v) is 2.20. The van der Waals surface area contributed by atoms with Gasteiger partial charge in [-0.15, -0.1) is 12.4 Å². The van der Waals surface area contributed by atoms with Gasteiger partial charge in [-0.2, -0.15) is 0 Å². The normalized spacial score (nSPS) is 13.3. The summed E-state index contributed by atoms with van der Waals surface area (Å²) in [6, 6.07) is 17.1. The quantitative estimate of drug-likeness (QED) is 0.634. The highest BCUT2D eigenvalue weighted by Gasteiger charge is 2.20. The molecule has 120 valence electrons. The van der Waals surface area contributed by atoms with E-state index in [1.807, 2.05) is 61.5 Å². The molecule has 5 heteroatoms. The Morgan fingerprint density at radius 3 is 2.23 bits per heavy atom. The summed E-state index contributed by atoms with van der Waals surface area (Å²) in [5, 5.41) is 12.0. The van der Waals surface area contributed by atoms with Crippen LogP contribution in [0.1, 0.15) is 24.2 Å². The highest BCUT2D eigenvalue weighted by molar-refractivity contribution is 5.85. The SMILES string of the molecule is COc1ccc(CN(N)[C@H](C)C(O)c2ccccc2)cc1.Cl. The van der Waals surface area contributed by atoms with Crippen LogP contribution in [0, 0.1) is 0 Å². The monoisotopic (exact) mass is 322 g/mol. The summed E-state index contributed by atoms with van der Waals surface area (Å²) in [5.41, 5.74) is 1.94. The lowest BCUT2D eigenvalue weighted by Gasteiger charge is -2.28. The van der Waals surface area contributed by atoms with Gasteiger partial charge in [0.25, 0.3) is 0 Å². The van der Waals surface area contributed by atoms with Crippen molar-refractivity contribution < 1.29 is 9.84 Å². The number of aliphatic hydroxyl groups excluding tert-OH is 1. The molecule has 2 aromatic rings. The first-order valence-corrected chi connectivity index (χ1v) is 6.99. The first-order valence-electron chi connectivity index (χ1n) is 6.99. The predicted molar refractivity (Wildman–Crippen MR) is 90.8 cm³/mol. The van der Waals surface area contributed by atoms with Crippen LogP contribution in [0.15, 0.2) is 54.6 Å². The van der Waals surface area contributed by atoms with Gasteiger partial charge in [0, 0.05) is 6.54 Å². The smallest absolute Gasteiger partial charge is 0.118 e. The highest BCUT2D eigenvalue weighted by atomic mass is 35.5. The zero-order valence-corrected chi connectivity index (χ0v) is 13.7. The van der Waals surface area contributed by atoms with Crippen LogP contribution in [0.2, 0.25) is 0 Å². The molecular weight excluding hydrogens is 300 g/mol. The molecule has 0 radical (unpaired) electrons. The van der Waals surface area contributed by atoms with Crippen molar-refractivity contribution >= 4 is 12.4 Å². The second-order valence-electron chi connectivity index (χ2n) is 5.12. The van der Waals surface area contributed by atoms with Crippen LogP contribution in [-0.4, -0.2) is 23.3 Å². The van der Waals surface area contributed by atoms with Gasteiger partial charge in [-0.05, 0) is 30.2 Å². The topological polar surface area (TPSA) is 58.7 Å². The number of rotatable bonds is 6. The zero-order chi connectivity index (χ0) is 15.2. The van der Waals surface area contributed by atoms with Gasteiger partial charge >= 0.3 is 0 Å². The molecule has 0 aliphatic carbocycles. The van der Waals surface area contributed by atoms with E-state index in [1.165, 1.54) is 0 Å². The van der Waals surface area contributed by atoms with E-state index in [-0.39, 0.29) is 18.4 Å². The number of benzene rings is 2. The van der Waals surface area contributed by atoms with E-state index >= 15 is 0 Å². The largest absolute Gasteiger partial charge is 0.497 e. The second kappa shape index (κ2) is 8.76. The number of ether oxygens (including phenoxy) is 1. The molecule has 0 heterocycles. The number of aliphatic hydroxyl groups is 1. The third kappa shape index (κ3) is 4.71. The van der Waals surface area contributed by atoms with Gasteiger partial charge in [0.2, 0.25) is 0 Å². The lowest BCUT2D eigenvalue weighted by Crippen LogP contribution is -2.42. The number of hydrogen-bond acceptors (Lipinski definition) is 4. The minimum atomic E-state index is -0.616. The average molecular weight is 323 g/mol. The molecule has 0 spiro atoms. The van der Waals surface area contributed by atoms with Crippen molar-refractivity contribution in [2.45, 2.75) is 25.6 Å². The molecule has 0 fully saturated rings. The van der Waals surface area contributed by atoms with Crippen molar-refractivity contribution in [3.63, 3.8) is 0 Å². The molecular formula is C17H23ClN2O2. The number of hydrazine groups is 1. The molecule has 0 aromatic heterocycles. The molecule has 0 saturated heterocycles. The Hall–Kier alpha value is -1.59. The van der Waals surface area contributed by atoms with Gasteiger partial charge < -0.3 is 9.84 Å². The summed E-state index contributed by atoms with van der Waals surface area (Å²) in [6.45, 7) is 2.48. The van der Waals surface area contributed by atoms with E-state index in [2.05, 4.69) is 0 Å². The number of halogens is 1. The van der Waals surface area contributed by atoms with E-state index in [4.69, 9.17) is 10.6 Å². The summed E-state index contributed by atoms with van der Waals surface area (Å²) >= 11 is 0. The van der Waals surface area contributed by atoms with Crippen molar-refractivity contribution in [1.82, 2.24) is 5.01 Å². The van der Waals surface area contributed by atoms with Crippen LogP contribution in [-0.2, 0) is 6.54 Å². The lowest BCUT2D eigenvalue weighted by molar-refractivity contribution is 0.0531. The molecule has 0 bridgehead atoms. The van der Waals surface area contributed by atoms with Crippen LogP contribution < -0.4 is 10.6 Å². The number of hydrogen-bond donors (Lipinski definition) is 2. The van der Waals surface area contributed by atoms with Gasteiger partial charge in [-0.1, -0.05) is 42.5 Å². The van der Waals surface area contributed by atoms with Crippen LogP contribution in [0.25, 0.3) is 0 Å². The lowest BCUT2D eigenvalue weighted by atomic mass is 10.0. The Morgan fingerprint density at radius 2 is 1.68 bits per heavy atom. The van der Waals surface area contributed by atoms with E-state index in [0.717, 1.165) is 16.9 Å². The van der Waals surface area contributed by atoms with Crippen LogP contribution in [0.3, 0.4) is 0 Å². The van der Waals surface area contributed by atoms with Crippen molar-refractivity contribution in [2.75, 3.05) is 7.11 Å². The van der Waals surface area contributed by atoms with E-state index in [1.54, 1.807) is 12.1 Å². The van der Waals surface area contributed by atoms with E-state index < -0.39 is 6.10 Å². The van der Waals surface area contributed by atoms with Crippen molar-refractivity contribution in [2.24, 2.45) is 5.84 Å². The maximum atomic E-state index is 10.4. The number of methoxy groups -OCH3 is 1. The van der Waals surface area contributed by atoms with Crippen LogP contribution >= 0.6 is 12.4 Å². The van der Waals surface area contributed by atoms with Gasteiger partial charge in [0.05, 0.1) is 19.3 Å². The first-order chi connectivity index (χ1) is 10.1. The highest BCUT2D eigenvalue weighted by Crippen LogP contribution is 2.20. The standard InChI is InChI=1S/C17H22N2O2.ClH/c1-13(17(20)15-6-4-3-5-7-15)19(18)12-14-8-10-16(21-2)11-9-14;/h3-11,13,17,20H,12,18H2,1-2H3;1H/t13-,17?;/m1./s1. The van der Waals surface area contributed by atoms with Crippen molar-refractivity contribution in [3.05, 3.63) is 65.7 Å². The molecule has 2 rings (SSSR count). The minimum absolute atomic E-state index is 0. The zero-order valence-electron chi connectivity index (χ0n) is 12.8. The average Bonchev–Trinajstić information content (AvgIpc) is 2.55. The molecule has 22 heavy (non-hydrogen) atoms. The molecule has 2 atom stereocenters. The molecule has 2 aromatic carbocycles. The minimum Gasteiger partial charge on any atom is -0.497 e. The van der Waals surface area contributed by atoms with Crippen LogP contribution in [0.4, 0.5) is 0 Å². The van der Waals surface area contributed by atoms with Crippen LogP contribution in [0.5, 0.6) is 5.75 Å². The molecule has 0 saturated carbocycles. The Labute approximate surface area is 137 Å². The van der Waals surface area contributed by atoms with Gasteiger partial charge in [0.15, 0.2) is 0 Å². The summed E-state index contributed by atoms with van der Waals surface area (Å²) < 4.78 is 5.13. The van der Waals surface area contributed by atoms with E-state index in [9.17, 15) is 5.11 Å². The fourth-order valence-electron chi connectivity index (χ4n) is 2.20. The fraction of sp³-hybridized carbons (Fsp3) is 0.294. The molecule has 1 unspecified atom stereocenters. The number of nitrogens with zero attached hydrogens (tertiary/aromatic N) is 1. The van der Waals surface area contributed by atoms with Gasteiger partial charge in [0.1, 0.15) is 5.75 Å². The Balaban J connectivity index is 0.00000242. The predicted octanol–water partition coefficient (Wildman–Crippen LogP) is 2.91. The van der Waals surface area contributed by atoms with Crippen molar-refractivity contribution in [1.29, 1.82) is 0 Å². The third-order valence-electron chi connectivity index (χ3n) is 3.65. The number of nitrogens with two attached hydrogens (primary N) is 1. The Kier molecular flexibility index (Phi) is 7.35. The summed E-state index contributed by atoms with van der Waals surface area (Å²) in [7, 11) is 1.64. The Bertz CT molecular complexity index is 548. The van der Waals surface area contributed by atoms with Gasteiger partial charge in [-0.3, -0.25) is 5.84 Å². The van der Waals surface area contributed by atoms with E-state index in [0.29, 0.717) is 6.54 Å². The maximum Gasteiger partial charge on any atom is 0.118 e. The molecule has 4 nitrogen and oxygen atoms in total. The molecule has 3 N–H and O–H groups in total. The summed E-state index contributed by atoms with van der Waals surface area (Å²) in [4.78, 5) is 0. The van der Waals surface area contributed by atoms with Crippen molar-refractivity contribution in [3.8, 4) is 5.75 Å². The third-order valence-corrected chi connectivity index (χ3v) is 3.65. The molecule has 0 amide bonds. The second-order valence-corrected chi connectivity index (χ2v) is 5.12. The summed E-state index contributed by atoms with van der Waals surface area (Å²) in [6.07, 6.45) is -0.616. The summed E-state index contributed by atoms with van der Waals surface area (Å²) in [5.74, 6) is 6.92. The molecule has 0 aliphatic heterocycles. The van der Waals surface area contributed by atoms with Gasteiger partial charge in [-0.25, -0.2) is 5.01 Å². The first kappa shape index (κ1) is 18.5. The maximum absolute atomic E-state index is 10.4. The Morgan fingerprint density at radius 1 is 1.09 bits per heavy atom.